The molecule has 7 heteroatoms. The number of halogens is 2. The molecule has 2 rings (SSSR count). The van der Waals surface area contributed by atoms with Gasteiger partial charge in [0.1, 0.15) is 0 Å². The molecule has 0 aliphatic rings. The second kappa shape index (κ2) is 9.60. The van der Waals surface area contributed by atoms with E-state index in [4.69, 9.17) is 14.2 Å². The Bertz CT molecular complexity index is 813. The fraction of sp³-hybridized carbons (Fsp3) is 0.350. The monoisotopic (exact) mass is 439 g/mol. The third-order valence-electron chi connectivity index (χ3n) is 3.91. The van der Waals surface area contributed by atoms with Gasteiger partial charge < -0.3 is 19.1 Å². The van der Waals surface area contributed by atoms with Gasteiger partial charge in [0, 0.05) is 19.2 Å². The number of benzene rings is 2. The van der Waals surface area contributed by atoms with Gasteiger partial charge in [-0.1, -0.05) is 13.0 Å². The molecule has 0 radical (unpaired) electrons. The predicted molar refractivity (Wildman–Crippen MR) is 105 cm³/mol. The van der Waals surface area contributed by atoms with E-state index in [9.17, 15) is 9.18 Å². The van der Waals surface area contributed by atoms with E-state index >= 15 is 0 Å². The van der Waals surface area contributed by atoms with Crippen molar-refractivity contribution in [2.24, 2.45) is 0 Å². The van der Waals surface area contributed by atoms with Crippen molar-refractivity contribution in [2.45, 2.75) is 19.9 Å². The highest BCUT2D eigenvalue weighted by molar-refractivity contribution is 9.10. The summed E-state index contributed by atoms with van der Waals surface area (Å²) in [6, 6.07) is 7.97. The number of carbonyl (C=O) groups is 1. The van der Waals surface area contributed by atoms with Crippen LogP contribution in [-0.4, -0.2) is 38.7 Å². The maximum absolute atomic E-state index is 13.9. The van der Waals surface area contributed by atoms with E-state index in [1.807, 2.05) is 6.92 Å². The maximum atomic E-state index is 13.9. The largest absolute Gasteiger partial charge is 0.494 e. The van der Waals surface area contributed by atoms with Crippen LogP contribution in [0.2, 0.25) is 0 Å². The van der Waals surface area contributed by atoms with E-state index < -0.39 is 5.82 Å². The molecule has 27 heavy (non-hydrogen) atoms. The molecule has 0 saturated heterocycles. The van der Waals surface area contributed by atoms with Crippen molar-refractivity contribution in [3.63, 3.8) is 0 Å². The van der Waals surface area contributed by atoms with Crippen LogP contribution >= 0.6 is 15.9 Å². The number of hydrogen-bond donors (Lipinski definition) is 0. The third kappa shape index (κ3) is 5.13. The lowest BCUT2D eigenvalue weighted by atomic mass is 10.1. The second-order valence-corrected chi connectivity index (χ2v) is 6.82. The molecule has 146 valence electrons. The first-order valence-corrected chi connectivity index (χ1v) is 9.28. The molecule has 0 bridgehead atoms. The number of carbonyl (C=O) groups excluding carboxylic acids is 1. The zero-order valence-electron chi connectivity index (χ0n) is 15.8. The Balaban J connectivity index is 2.20. The zero-order valence-corrected chi connectivity index (χ0v) is 17.4. The lowest BCUT2D eigenvalue weighted by Crippen LogP contribution is -2.26. The van der Waals surface area contributed by atoms with Crippen LogP contribution in [0.25, 0.3) is 0 Å². The highest BCUT2D eigenvalue weighted by Crippen LogP contribution is 2.37. The van der Waals surface area contributed by atoms with Crippen LogP contribution in [0.5, 0.6) is 17.2 Å². The van der Waals surface area contributed by atoms with Crippen LogP contribution in [0.1, 0.15) is 29.3 Å². The van der Waals surface area contributed by atoms with Crippen molar-refractivity contribution in [3.8, 4) is 17.2 Å². The Morgan fingerprint density at radius 2 is 1.85 bits per heavy atom. The topological polar surface area (TPSA) is 48.0 Å². The molecule has 0 aliphatic carbocycles. The van der Waals surface area contributed by atoms with Gasteiger partial charge in [0.25, 0.3) is 5.91 Å². The van der Waals surface area contributed by atoms with E-state index in [2.05, 4.69) is 15.9 Å². The average Bonchev–Trinajstić information content (AvgIpc) is 2.66. The third-order valence-corrected chi connectivity index (χ3v) is 4.50. The van der Waals surface area contributed by atoms with Crippen molar-refractivity contribution in [2.75, 3.05) is 27.9 Å². The van der Waals surface area contributed by atoms with Gasteiger partial charge in [-0.15, -0.1) is 0 Å². The lowest BCUT2D eigenvalue weighted by Gasteiger charge is -2.19. The van der Waals surface area contributed by atoms with Crippen molar-refractivity contribution >= 4 is 21.8 Å². The quantitative estimate of drug-likeness (QED) is 0.599. The summed E-state index contributed by atoms with van der Waals surface area (Å²) >= 11 is 3.44. The molecule has 0 spiro atoms. The Morgan fingerprint density at radius 1 is 1.15 bits per heavy atom. The molecule has 0 aromatic heterocycles. The minimum Gasteiger partial charge on any atom is -0.494 e. The van der Waals surface area contributed by atoms with Gasteiger partial charge in [0.05, 0.1) is 25.3 Å². The molecule has 0 unspecified atom stereocenters. The molecule has 2 aromatic rings. The van der Waals surface area contributed by atoms with E-state index in [0.29, 0.717) is 33.7 Å². The van der Waals surface area contributed by atoms with Crippen molar-refractivity contribution in [1.29, 1.82) is 0 Å². The molecule has 0 aliphatic heterocycles. The summed E-state index contributed by atoms with van der Waals surface area (Å²) in [5.41, 5.74) is 1.11. The van der Waals surface area contributed by atoms with Crippen molar-refractivity contribution in [3.05, 3.63) is 51.7 Å². The minimum absolute atomic E-state index is 0.170. The van der Waals surface area contributed by atoms with Crippen LogP contribution in [-0.2, 0) is 6.54 Å². The van der Waals surface area contributed by atoms with Crippen LogP contribution < -0.4 is 14.2 Å². The summed E-state index contributed by atoms with van der Waals surface area (Å²) < 4.78 is 30.5. The lowest BCUT2D eigenvalue weighted by molar-refractivity contribution is 0.0784. The Hall–Kier alpha value is -2.28. The van der Waals surface area contributed by atoms with Crippen LogP contribution in [0.3, 0.4) is 0 Å². The average molecular weight is 440 g/mol. The number of nitrogens with zero attached hydrogens (tertiary/aromatic N) is 1. The Morgan fingerprint density at radius 3 is 2.44 bits per heavy atom. The molecule has 0 fully saturated rings. The van der Waals surface area contributed by atoms with Crippen LogP contribution in [0, 0.1) is 5.82 Å². The van der Waals surface area contributed by atoms with Crippen molar-refractivity contribution in [1.82, 2.24) is 4.90 Å². The number of hydrogen-bond acceptors (Lipinski definition) is 4. The molecule has 2 aromatic carbocycles. The summed E-state index contributed by atoms with van der Waals surface area (Å²) in [5.74, 6) is 0.537. The SMILES string of the molecule is CCCOc1c(Br)cc(C(=O)N(C)Cc2ccc(OC)c(F)c2)cc1OC. The number of methoxy groups -OCH3 is 2. The highest BCUT2D eigenvalue weighted by atomic mass is 79.9. The summed E-state index contributed by atoms with van der Waals surface area (Å²) in [7, 11) is 4.60. The summed E-state index contributed by atoms with van der Waals surface area (Å²) in [6.45, 7) is 2.81. The molecule has 0 heterocycles. The second-order valence-electron chi connectivity index (χ2n) is 5.97. The number of rotatable bonds is 8. The Labute approximate surface area is 167 Å². The first kappa shape index (κ1) is 21.0. The molecular weight excluding hydrogens is 417 g/mol. The number of amides is 1. The molecule has 1 amide bonds. The number of ether oxygens (including phenoxy) is 3. The van der Waals surface area contributed by atoms with Gasteiger partial charge in [-0.25, -0.2) is 4.39 Å². The zero-order chi connectivity index (χ0) is 20.0. The summed E-state index contributed by atoms with van der Waals surface area (Å²) in [4.78, 5) is 14.3. The van der Waals surface area contributed by atoms with E-state index in [1.165, 1.54) is 25.2 Å². The van der Waals surface area contributed by atoms with Gasteiger partial charge in [-0.3, -0.25) is 4.79 Å². The standard InChI is InChI=1S/C20H23BrFNO4/c1-5-8-27-19-15(21)10-14(11-18(19)26-4)20(24)23(2)12-13-6-7-17(25-3)16(22)9-13/h6-7,9-11H,5,8,12H2,1-4H3. The maximum Gasteiger partial charge on any atom is 0.254 e. The Kier molecular flexibility index (Phi) is 7.47. The highest BCUT2D eigenvalue weighted by Gasteiger charge is 2.19. The minimum atomic E-state index is -0.460. The molecule has 0 N–H and O–H groups in total. The van der Waals surface area contributed by atoms with E-state index in [1.54, 1.807) is 31.3 Å². The van der Waals surface area contributed by atoms with Gasteiger partial charge in [-0.2, -0.15) is 0 Å². The smallest absolute Gasteiger partial charge is 0.254 e. The van der Waals surface area contributed by atoms with Crippen LogP contribution in [0.15, 0.2) is 34.8 Å². The van der Waals surface area contributed by atoms with Gasteiger partial charge >= 0.3 is 0 Å². The van der Waals surface area contributed by atoms with Gasteiger partial charge in [0.15, 0.2) is 23.1 Å². The van der Waals surface area contributed by atoms with Gasteiger partial charge in [-0.05, 0) is 52.2 Å². The first-order valence-electron chi connectivity index (χ1n) is 8.49. The summed E-state index contributed by atoms with van der Waals surface area (Å²) in [6.07, 6.45) is 0.859. The molecule has 0 saturated carbocycles. The normalized spacial score (nSPS) is 10.4. The fourth-order valence-corrected chi connectivity index (χ4v) is 3.12. The van der Waals surface area contributed by atoms with Gasteiger partial charge in [0.2, 0.25) is 0 Å². The predicted octanol–water partition coefficient (Wildman–Crippen LogP) is 4.67. The summed E-state index contributed by atoms with van der Waals surface area (Å²) in [5, 5.41) is 0. The molecule has 5 nitrogen and oxygen atoms in total. The molecule has 0 atom stereocenters. The van der Waals surface area contributed by atoms with E-state index in [0.717, 1.165) is 6.42 Å². The van der Waals surface area contributed by atoms with E-state index in [-0.39, 0.29) is 18.2 Å². The van der Waals surface area contributed by atoms with Crippen molar-refractivity contribution < 1.29 is 23.4 Å². The van der Waals surface area contributed by atoms with Crippen LogP contribution in [0.4, 0.5) is 4.39 Å². The fourth-order valence-electron chi connectivity index (χ4n) is 2.56. The first-order chi connectivity index (χ1) is 12.9. The molecular formula is C20H23BrFNO4.